The van der Waals surface area contributed by atoms with Crippen molar-refractivity contribution in [2.45, 2.75) is 26.2 Å². The second-order valence-corrected chi connectivity index (χ2v) is 4.01. The highest BCUT2D eigenvalue weighted by Gasteiger charge is 2.19. The summed E-state index contributed by atoms with van der Waals surface area (Å²) in [4.78, 5) is 0. The molecule has 1 heterocycles. The maximum Gasteiger partial charge on any atom is 0.199 e. The molecule has 0 radical (unpaired) electrons. The molecule has 0 bridgehead atoms. The minimum Gasteiger partial charge on any atom is -0.198 e. The molecule has 0 aliphatic rings. The number of hydrogen-bond acceptors (Lipinski definition) is 2. The second kappa shape index (κ2) is 2.31. The van der Waals surface area contributed by atoms with E-state index in [1.807, 2.05) is 20.8 Å². The summed E-state index contributed by atoms with van der Waals surface area (Å²) in [6, 6.07) is 0. The van der Waals surface area contributed by atoms with Gasteiger partial charge in [0.25, 0.3) is 0 Å². The smallest absolute Gasteiger partial charge is 0.198 e. The Morgan fingerprint density at radius 2 is 2.10 bits per heavy atom. The lowest BCUT2D eigenvalue weighted by Gasteiger charge is -2.15. The van der Waals surface area contributed by atoms with Gasteiger partial charge in [-0.3, -0.25) is 0 Å². The average Bonchev–Trinajstić information content (AvgIpc) is 2.11. The van der Waals surface area contributed by atoms with E-state index in [4.69, 9.17) is 0 Å². The van der Waals surface area contributed by atoms with Crippen molar-refractivity contribution in [3.8, 4) is 0 Å². The van der Waals surface area contributed by atoms with Crippen LogP contribution in [0.25, 0.3) is 0 Å². The van der Waals surface area contributed by atoms with Crippen molar-refractivity contribution in [3.05, 3.63) is 16.9 Å². The molecular formula is C7H10FNS. The van der Waals surface area contributed by atoms with Crippen molar-refractivity contribution in [1.82, 2.24) is 4.37 Å². The molecule has 0 saturated heterocycles. The van der Waals surface area contributed by atoms with Gasteiger partial charge in [-0.05, 0) is 16.9 Å². The normalized spacial score (nSPS) is 12.0. The average molecular weight is 159 g/mol. The fourth-order valence-electron chi connectivity index (χ4n) is 0.714. The lowest BCUT2D eigenvalue weighted by molar-refractivity contribution is 0.538. The van der Waals surface area contributed by atoms with Crippen LogP contribution in [0, 0.1) is 5.13 Å². The first-order chi connectivity index (χ1) is 4.52. The molecule has 1 aromatic heterocycles. The fourth-order valence-corrected chi connectivity index (χ4v) is 1.42. The Labute approximate surface area is 64.1 Å². The predicted molar refractivity (Wildman–Crippen MR) is 40.8 cm³/mol. The van der Waals surface area contributed by atoms with Gasteiger partial charge >= 0.3 is 0 Å². The molecule has 3 heteroatoms. The molecule has 1 nitrogen and oxygen atoms in total. The lowest BCUT2D eigenvalue weighted by Crippen LogP contribution is -2.11. The van der Waals surface area contributed by atoms with Gasteiger partial charge in [-0.25, -0.2) is 0 Å². The molecule has 0 atom stereocenters. The van der Waals surface area contributed by atoms with E-state index < -0.39 is 0 Å². The lowest BCUT2D eigenvalue weighted by atomic mass is 9.90. The summed E-state index contributed by atoms with van der Waals surface area (Å²) in [5, 5.41) is -0.160. The first kappa shape index (κ1) is 7.66. The fraction of sp³-hybridized carbons (Fsp3) is 0.571. The largest absolute Gasteiger partial charge is 0.199 e. The monoisotopic (exact) mass is 159 g/mol. The molecular weight excluding hydrogens is 149 g/mol. The molecule has 1 aromatic rings. The Kier molecular flexibility index (Phi) is 1.77. The van der Waals surface area contributed by atoms with Gasteiger partial charge in [0.05, 0.1) is 0 Å². The van der Waals surface area contributed by atoms with Gasteiger partial charge in [0.1, 0.15) is 0 Å². The Morgan fingerprint density at radius 1 is 1.50 bits per heavy atom. The number of rotatable bonds is 0. The van der Waals surface area contributed by atoms with E-state index >= 15 is 0 Å². The molecule has 0 aliphatic carbocycles. The van der Waals surface area contributed by atoms with Crippen LogP contribution in [0.2, 0.25) is 0 Å². The minimum absolute atomic E-state index is 0.114. The summed E-state index contributed by atoms with van der Waals surface area (Å²) in [5.41, 5.74) is 0.592. The van der Waals surface area contributed by atoms with Crippen LogP contribution >= 0.6 is 11.5 Å². The van der Waals surface area contributed by atoms with Crippen LogP contribution in [-0.4, -0.2) is 4.37 Å². The molecule has 0 aromatic carbocycles. The Hall–Kier alpha value is -0.440. The summed E-state index contributed by atoms with van der Waals surface area (Å²) in [5.74, 6) is 0. The maximum atomic E-state index is 12.8. The molecule has 0 fully saturated rings. The summed E-state index contributed by atoms with van der Waals surface area (Å²) in [6.45, 7) is 5.92. The van der Waals surface area contributed by atoms with Crippen LogP contribution < -0.4 is 0 Å². The number of aromatic nitrogens is 1. The van der Waals surface area contributed by atoms with Crippen LogP contribution in [-0.2, 0) is 5.41 Å². The molecule has 0 amide bonds. The van der Waals surface area contributed by atoms with Gasteiger partial charge in [0.15, 0.2) is 5.13 Å². The number of halogens is 1. The van der Waals surface area contributed by atoms with Gasteiger partial charge < -0.3 is 0 Å². The molecule has 56 valence electrons. The SMILES string of the molecule is CC(C)(C)c1cnsc1F. The molecule has 1 rings (SSSR count). The second-order valence-electron chi connectivity index (χ2n) is 3.26. The van der Waals surface area contributed by atoms with Crippen molar-refractivity contribution >= 4 is 11.5 Å². The summed E-state index contributed by atoms with van der Waals surface area (Å²) < 4.78 is 16.6. The standard InChI is InChI=1S/C7H10FNS/c1-7(2,3)5-4-9-10-6(5)8/h4H,1-3H3. The summed E-state index contributed by atoms with van der Waals surface area (Å²) >= 11 is 0.915. The van der Waals surface area contributed by atoms with E-state index in [1.165, 1.54) is 0 Å². The van der Waals surface area contributed by atoms with Gasteiger partial charge in [0.2, 0.25) is 0 Å². The van der Waals surface area contributed by atoms with Crippen molar-refractivity contribution < 1.29 is 4.39 Å². The highest BCUT2D eigenvalue weighted by Crippen LogP contribution is 2.26. The molecule has 10 heavy (non-hydrogen) atoms. The zero-order chi connectivity index (χ0) is 7.78. The molecule has 0 unspecified atom stereocenters. The molecule has 0 aliphatic heterocycles. The summed E-state index contributed by atoms with van der Waals surface area (Å²) in [6.07, 6.45) is 1.60. The third-order valence-corrected chi connectivity index (χ3v) is 1.93. The Morgan fingerprint density at radius 3 is 2.30 bits per heavy atom. The minimum atomic E-state index is -0.160. The Bertz CT molecular complexity index is 224. The molecule has 0 N–H and O–H groups in total. The zero-order valence-electron chi connectivity index (χ0n) is 6.31. The van der Waals surface area contributed by atoms with Crippen molar-refractivity contribution in [1.29, 1.82) is 0 Å². The van der Waals surface area contributed by atoms with Gasteiger partial charge in [-0.15, -0.1) is 0 Å². The Balaban J connectivity index is 3.05. The van der Waals surface area contributed by atoms with Crippen LogP contribution in [0.1, 0.15) is 26.3 Å². The first-order valence-corrected chi connectivity index (χ1v) is 3.90. The van der Waals surface area contributed by atoms with Crippen molar-refractivity contribution in [3.63, 3.8) is 0 Å². The van der Waals surface area contributed by atoms with Crippen LogP contribution in [0.15, 0.2) is 6.20 Å². The molecule has 0 saturated carbocycles. The van der Waals surface area contributed by atoms with E-state index in [0.717, 1.165) is 11.5 Å². The van der Waals surface area contributed by atoms with Gasteiger partial charge in [-0.1, -0.05) is 20.8 Å². The number of nitrogens with zero attached hydrogens (tertiary/aromatic N) is 1. The van der Waals surface area contributed by atoms with Crippen LogP contribution in [0.4, 0.5) is 4.39 Å². The number of hydrogen-bond donors (Lipinski definition) is 0. The van der Waals surface area contributed by atoms with Gasteiger partial charge in [-0.2, -0.15) is 8.76 Å². The molecule has 0 spiro atoms. The highest BCUT2D eigenvalue weighted by atomic mass is 32.1. The van der Waals surface area contributed by atoms with Crippen LogP contribution in [0.3, 0.4) is 0 Å². The third kappa shape index (κ3) is 1.34. The zero-order valence-corrected chi connectivity index (χ0v) is 7.13. The van der Waals surface area contributed by atoms with Crippen molar-refractivity contribution in [2.75, 3.05) is 0 Å². The van der Waals surface area contributed by atoms with Crippen LogP contribution in [0.5, 0.6) is 0 Å². The third-order valence-electron chi connectivity index (χ3n) is 1.33. The quantitative estimate of drug-likeness (QED) is 0.567. The van der Waals surface area contributed by atoms with Crippen molar-refractivity contribution in [2.24, 2.45) is 0 Å². The topological polar surface area (TPSA) is 12.9 Å². The maximum absolute atomic E-state index is 12.8. The van der Waals surface area contributed by atoms with E-state index in [2.05, 4.69) is 4.37 Å². The van der Waals surface area contributed by atoms with Gasteiger partial charge in [0, 0.05) is 11.8 Å². The van der Waals surface area contributed by atoms with E-state index in [1.54, 1.807) is 6.20 Å². The van der Waals surface area contributed by atoms with E-state index in [9.17, 15) is 4.39 Å². The predicted octanol–water partition coefficient (Wildman–Crippen LogP) is 2.58. The summed E-state index contributed by atoms with van der Waals surface area (Å²) in [7, 11) is 0. The van der Waals surface area contributed by atoms with E-state index in [-0.39, 0.29) is 10.5 Å². The first-order valence-electron chi connectivity index (χ1n) is 3.12. The highest BCUT2D eigenvalue weighted by molar-refractivity contribution is 7.04. The van der Waals surface area contributed by atoms with E-state index in [0.29, 0.717) is 5.56 Å².